The molecule has 2 atom stereocenters. The third-order valence-corrected chi connectivity index (χ3v) is 5.39. The minimum absolute atomic E-state index is 0.0475. The van der Waals surface area contributed by atoms with Crippen LogP contribution >= 0.6 is 0 Å². The van der Waals surface area contributed by atoms with Gasteiger partial charge in [0.1, 0.15) is 17.2 Å². The molecule has 0 spiro atoms. The fraction of sp³-hybridized carbons (Fsp3) is 0.391. The Bertz CT molecular complexity index is 1100. The fourth-order valence-electron chi connectivity index (χ4n) is 4.06. The lowest BCUT2D eigenvalue weighted by Crippen LogP contribution is -2.55. The first kappa shape index (κ1) is 21.8. The van der Waals surface area contributed by atoms with E-state index in [2.05, 4.69) is 39.8 Å². The molecule has 0 bridgehead atoms. The maximum absolute atomic E-state index is 13.2. The second-order valence-corrected chi connectivity index (χ2v) is 8.30. The van der Waals surface area contributed by atoms with Gasteiger partial charge in [0.2, 0.25) is 5.91 Å². The summed E-state index contributed by atoms with van der Waals surface area (Å²) < 4.78 is 0. The lowest BCUT2D eigenvalue weighted by Gasteiger charge is -2.35. The van der Waals surface area contributed by atoms with Gasteiger partial charge in [-0.1, -0.05) is 30.3 Å². The molecule has 32 heavy (non-hydrogen) atoms. The summed E-state index contributed by atoms with van der Waals surface area (Å²) >= 11 is 0. The number of aromatic nitrogens is 3. The number of carbonyl (C=O) groups is 2. The van der Waals surface area contributed by atoms with Gasteiger partial charge in [-0.15, -0.1) is 0 Å². The molecule has 1 aromatic carbocycles. The van der Waals surface area contributed by atoms with Crippen molar-refractivity contribution >= 4 is 28.7 Å². The third-order valence-electron chi connectivity index (χ3n) is 5.39. The minimum atomic E-state index is -0.0846. The molecule has 4 N–H and O–H groups in total. The number of amides is 2. The molecular weight excluding hydrogens is 406 g/mol. The summed E-state index contributed by atoms with van der Waals surface area (Å²) in [7, 11) is 0. The van der Waals surface area contributed by atoms with Crippen molar-refractivity contribution in [3.05, 3.63) is 42.1 Å². The number of benzene rings is 1. The first-order chi connectivity index (χ1) is 15.4. The SMILES string of the molecule is CC(=O)NCCNc1nc(-c2ccccc2)nc2[nH]c(C(=O)N3CC(C)NC(C)C3)cc12. The molecule has 1 saturated heterocycles. The summed E-state index contributed by atoms with van der Waals surface area (Å²) in [6.07, 6.45) is 0. The summed E-state index contributed by atoms with van der Waals surface area (Å²) in [5.41, 5.74) is 1.97. The second kappa shape index (κ2) is 9.35. The first-order valence-corrected chi connectivity index (χ1v) is 10.9. The first-order valence-electron chi connectivity index (χ1n) is 10.9. The van der Waals surface area contributed by atoms with Gasteiger partial charge in [-0.2, -0.15) is 0 Å². The molecule has 168 valence electrons. The van der Waals surface area contributed by atoms with E-state index in [4.69, 9.17) is 4.98 Å². The largest absolute Gasteiger partial charge is 0.368 e. The van der Waals surface area contributed by atoms with Crippen molar-refractivity contribution in [1.82, 2.24) is 30.5 Å². The zero-order chi connectivity index (χ0) is 22.7. The molecular formula is C23H29N7O2. The average Bonchev–Trinajstić information content (AvgIpc) is 3.20. The Morgan fingerprint density at radius 2 is 1.81 bits per heavy atom. The molecule has 3 aromatic rings. The number of carbonyl (C=O) groups excluding carboxylic acids is 2. The number of H-pyrrole nitrogens is 1. The van der Waals surface area contributed by atoms with Gasteiger partial charge >= 0.3 is 0 Å². The van der Waals surface area contributed by atoms with Crippen LogP contribution in [0.1, 0.15) is 31.3 Å². The van der Waals surface area contributed by atoms with Crippen LogP contribution < -0.4 is 16.0 Å². The van der Waals surface area contributed by atoms with Gasteiger partial charge in [0.25, 0.3) is 5.91 Å². The maximum Gasteiger partial charge on any atom is 0.270 e. The summed E-state index contributed by atoms with van der Waals surface area (Å²) in [6.45, 7) is 7.92. The normalized spacial score (nSPS) is 18.5. The Hall–Kier alpha value is -3.46. The summed E-state index contributed by atoms with van der Waals surface area (Å²) in [4.78, 5) is 38.8. The molecule has 2 unspecified atom stereocenters. The summed E-state index contributed by atoms with van der Waals surface area (Å²) in [5, 5.41) is 10.2. The van der Waals surface area contributed by atoms with Crippen LogP contribution in [-0.4, -0.2) is 69.9 Å². The molecule has 0 aliphatic carbocycles. The highest BCUT2D eigenvalue weighted by molar-refractivity contribution is 6.00. The Labute approximate surface area is 187 Å². The van der Waals surface area contributed by atoms with Crippen molar-refractivity contribution in [2.24, 2.45) is 0 Å². The second-order valence-electron chi connectivity index (χ2n) is 8.30. The number of fused-ring (bicyclic) bond motifs is 1. The molecule has 2 aromatic heterocycles. The van der Waals surface area contributed by atoms with Crippen molar-refractivity contribution in [1.29, 1.82) is 0 Å². The molecule has 0 saturated carbocycles. The highest BCUT2D eigenvalue weighted by Gasteiger charge is 2.27. The van der Waals surface area contributed by atoms with Gasteiger partial charge < -0.3 is 25.8 Å². The number of hydrogen-bond donors (Lipinski definition) is 4. The topological polar surface area (TPSA) is 115 Å². The van der Waals surface area contributed by atoms with Crippen molar-refractivity contribution < 1.29 is 9.59 Å². The number of rotatable bonds is 6. The fourth-order valence-corrected chi connectivity index (χ4v) is 4.06. The third kappa shape index (κ3) is 4.88. The van der Waals surface area contributed by atoms with Crippen LogP contribution in [0, 0.1) is 0 Å². The van der Waals surface area contributed by atoms with E-state index in [0.29, 0.717) is 49.2 Å². The van der Waals surface area contributed by atoms with Crippen molar-refractivity contribution in [3.8, 4) is 11.4 Å². The lowest BCUT2D eigenvalue weighted by molar-refractivity contribution is -0.118. The maximum atomic E-state index is 13.2. The standard InChI is InChI=1S/C23H29N7O2/c1-14-12-30(13-15(2)26-14)23(32)19-11-18-21(25-10-9-24-16(3)31)28-20(29-22(18)27-19)17-7-5-4-6-8-17/h4-8,11,14-15,26H,9-10,12-13H2,1-3H3,(H,24,31)(H2,25,27,28,29). The Morgan fingerprint density at radius 1 is 1.09 bits per heavy atom. The van der Waals surface area contributed by atoms with Crippen LogP contribution in [0.15, 0.2) is 36.4 Å². The monoisotopic (exact) mass is 435 g/mol. The van der Waals surface area contributed by atoms with Crippen molar-refractivity contribution in [2.75, 3.05) is 31.5 Å². The minimum Gasteiger partial charge on any atom is -0.368 e. The molecule has 3 heterocycles. The van der Waals surface area contributed by atoms with E-state index < -0.39 is 0 Å². The van der Waals surface area contributed by atoms with Gasteiger partial charge in [-0.05, 0) is 19.9 Å². The predicted molar refractivity (Wildman–Crippen MR) is 124 cm³/mol. The molecule has 4 rings (SSSR count). The van der Waals surface area contributed by atoms with E-state index in [1.54, 1.807) is 0 Å². The molecule has 9 heteroatoms. The van der Waals surface area contributed by atoms with Gasteiger partial charge in [0.15, 0.2) is 5.82 Å². The van der Waals surface area contributed by atoms with Crippen LogP contribution in [0.2, 0.25) is 0 Å². The zero-order valence-electron chi connectivity index (χ0n) is 18.6. The van der Waals surface area contributed by atoms with E-state index in [1.807, 2.05) is 41.3 Å². The lowest BCUT2D eigenvalue weighted by atomic mass is 10.1. The number of nitrogens with one attached hydrogen (secondary N) is 4. The van der Waals surface area contributed by atoms with Crippen LogP contribution in [0.4, 0.5) is 5.82 Å². The molecule has 9 nitrogen and oxygen atoms in total. The molecule has 1 fully saturated rings. The van der Waals surface area contributed by atoms with E-state index in [-0.39, 0.29) is 23.9 Å². The Morgan fingerprint density at radius 3 is 2.50 bits per heavy atom. The van der Waals surface area contributed by atoms with E-state index >= 15 is 0 Å². The van der Waals surface area contributed by atoms with Gasteiger partial charge in [0.05, 0.1) is 5.39 Å². The molecule has 2 amide bonds. The van der Waals surface area contributed by atoms with Gasteiger partial charge in [-0.3, -0.25) is 9.59 Å². The van der Waals surface area contributed by atoms with E-state index in [0.717, 1.165) is 10.9 Å². The number of aromatic amines is 1. The van der Waals surface area contributed by atoms with E-state index in [9.17, 15) is 9.59 Å². The van der Waals surface area contributed by atoms with Crippen LogP contribution in [0.3, 0.4) is 0 Å². The highest BCUT2D eigenvalue weighted by Crippen LogP contribution is 2.26. The number of hydrogen-bond acceptors (Lipinski definition) is 6. The number of nitrogens with zero attached hydrogens (tertiary/aromatic N) is 3. The Balaban J connectivity index is 1.67. The smallest absolute Gasteiger partial charge is 0.270 e. The Kier molecular flexibility index (Phi) is 6.36. The zero-order valence-corrected chi connectivity index (χ0v) is 18.6. The molecule has 1 aliphatic heterocycles. The molecule has 1 aliphatic rings. The van der Waals surface area contributed by atoms with E-state index in [1.165, 1.54) is 6.92 Å². The van der Waals surface area contributed by atoms with Gasteiger partial charge in [-0.25, -0.2) is 9.97 Å². The highest BCUT2D eigenvalue weighted by atomic mass is 16.2. The number of anilines is 1. The van der Waals surface area contributed by atoms with Crippen LogP contribution in [0.25, 0.3) is 22.4 Å². The number of piperazine rings is 1. The quantitative estimate of drug-likeness (QED) is 0.440. The van der Waals surface area contributed by atoms with Crippen LogP contribution in [-0.2, 0) is 4.79 Å². The summed E-state index contributed by atoms with van der Waals surface area (Å²) in [5.74, 6) is 1.05. The average molecular weight is 436 g/mol. The van der Waals surface area contributed by atoms with Crippen LogP contribution in [0.5, 0.6) is 0 Å². The molecule has 0 radical (unpaired) electrons. The van der Waals surface area contributed by atoms with Gasteiger partial charge in [0, 0.05) is 50.7 Å². The predicted octanol–water partition coefficient (Wildman–Crippen LogP) is 2.00. The van der Waals surface area contributed by atoms with Crippen molar-refractivity contribution in [2.45, 2.75) is 32.9 Å². The summed E-state index contributed by atoms with van der Waals surface area (Å²) in [6, 6.07) is 12.0. The van der Waals surface area contributed by atoms with Crippen molar-refractivity contribution in [3.63, 3.8) is 0 Å².